The predicted octanol–water partition coefficient (Wildman–Crippen LogP) is 3.76. The normalized spacial score (nSPS) is 11.0. The lowest BCUT2D eigenvalue weighted by Gasteiger charge is -2.08. The fraction of sp³-hybridized carbons (Fsp3) is 0.0769. The van der Waals surface area contributed by atoms with Crippen molar-refractivity contribution >= 4 is 45.1 Å². The molecule has 0 aliphatic rings. The molecule has 0 fully saturated rings. The lowest BCUT2D eigenvalue weighted by atomic mass is 10.1. The van der Waals surface area contributed by atoms with Crippen LogP contribution < -0.4 is 0 Å². The Labute approximate surface area is 123 Å². The molecule has 1 aromatic carbocycles. The number of rotatable bonds is 2. The first-order valence-corrected chi connectivity index (χ1v) is 7.04. The van der Waals surface area contributed by atoms with Crippen LogP contribution >= 0.6 is 34.2 Å². The molecule has 0 saturated heterocycles. The van der Waals surface area contributed by atoms with Crippen LogP contribution in [-0.2, 0) is 5.88 Å². The number of nitrogens with zero attached hydrogens (tertiary/aromatic N) is 3. The van der Waals surface area contributed by atoms with Gasteiger partial charge in [-0.2, -0.15) is 5.10 Å². The quantitative estimate of drug-likeness (QED) is 0.509. The smallest absolute Gasteiger partial charge is 0.0758 e. The van der Waals surface area contributed by atoms with E-state index < -0.39 is 0 Å². The topological polar surface area (TPSA) is 30.7 Å². The lowest BCUT2D eigenvalue weighted by Crippen LogP contribution is -1.99. The lowest BCUT2D eigenvalue weighted by molar-refractivity contribution is 0.883. The molecule has 5 heteroatoms. The van der Waals surface area contributed by atoms with Crippen molar-refractivity contribution in [3.63, 3.8) is 0 Å². The maximum absolute atomic E-state index is 5.90. The third-order valence-electron chi connectivity index (χ3n) is 2.68. The Morgan fingerprint density at radius 3 is 2.83 bits per heavy atom. The Kier molecular flexibility index (Phi) is 3.22. The Morgan fingerprint density at radius 1 is 1.28 bits per heavy atom. The third-order valence-corrected chi connectivity index (χ3v) is 3.51. The molecule has 2 heterocycles. The second kappa shape index (κ2) is 4.85. The summed E-state index contributed by atoms with van der Waals surface area (Å²) in [6.07, 6.45) is 3.82. The molecule has 3 aromatic rings. The highest BCUT2D eigenvalue weighted by atomic mass is 127. The molecule has 0 N–H and O–H groups in total. The van der Waals surface area contributed by atoms with E-state index in [1.807, 2.05) is 47.4 Å². The predicted molar refractivity (Wildman–Crippen MR) is 81.1 cm³/mol. The van der Waals surface area contributed by atoms with Crippen molar-refractivity contribution in [2.75, 3.05) is 0 Å². The van der Waals surface area contributed by atoms with E-state index in [4.69, 9.17) is 11.6 Å². The summed E-state index contributed by atoms with van der Waals surface area (Å²) in [6, 6.07) is 10.00. The van der Waals surface area contributed by atoms with Crippen LogP contribution in [0, 0.1) is 3.57 Å². The van der Waals surface area contributed by atoms with Gasteiger partial charge >= 0.3 is 0 Å². The fourth-order valence-electron chi connectivity index (χ4n) is 1.90. The van der Waals surface area contributed by atoms with Gasteiger partial charge in [-0.25, -0.2) is 4.68 Å². The van der Waals surface area contributed by atoms with Gasteiger partial charge in [0.1, 0.15) is 0 Å². The minimum Gasteiger partial charge on any atom is -0.251 e. The van der Waals surface area contributed by atoms with Crippen LogP contribution in [0.4, 0.5) is 0 Å². The molecule has 90 valence electrons. The first kappa shape index (κ1) is 11.9. The molecule has 0 radical (unpaired) electrons. The number of aromatic nitrogens is 3. The molecule has 0 unspecified atom stereocenters. The molecule has 3 rings (SSSR count). The standard InChI is InChI=1S/C13H9ClIN3/c14-6-10-5-13(18-8-9(15)7-16-18)11-3-1-2-4-12(11)17-10/h1-5,7-8H,6H2. The van der Waals surface area contributed by atoms with E-state index >= 15 is 0 Å². The first-order chi connectivity index (χ1) is 8.78. The molecule has 0 saturated carbocycles. The molecular weight excluding hydrogens is 361 g/mol. The van der Waals surface area contributed by atoms with Gasteiger partial charge in [0.2, 0.25) is 0 Å². The number of hydrogen-bond donors (Lipinski definition) is 0. The number of pyridine rings is 1. The SMILES string of the molecule is ClCc1cc(-n2cc(I)cn2)c2ccccc2n1. The number of hydrogen-bond acceptors (Lipinski definition) is 2. The number of halogens is 2. The van der Waals surface area contributed by atoms with Crippen LogP contribution in [0.5, 0.6) is 0 Å². The van der Waals surface area contributed by atoms with Crippen LogP contribution in [0.2, 0.25) is 0 Å². The van der Waals surface area contributed by atoms with E-state index in [0.717, 1.165) is 25.9 Å². The van der Waals surface area contributed by atoms with Crippen molar-refractivity contribution in [3.05, 3.63) is 52.0 Å². The second-order valence-electron chi connectivity index (χ2n) is 3.89. The summed E-state index contributed by atoms with van der Waals surface area (Å²) in [5, 5.41) is 5.42. The average molecular weight is 370 g/mol. The van der Waals surface area contributed by atoms with Crippen molar-refractivity contribution in [2.24, 2.45) is 0 Å². The third kappa shape index (κ3) is 2.10. The van der Waals surface area contributed by atoms with Crippen molar-refractivity contribution in [2.45, 2.75) is 5.88 Å². The average Bonchev–Trinajstić information content (AvgIpc) is 2.84. The molecule has 18 heavy (non-hydrogen) atoms. The molecular formula is C13H9ClIN3. The Hall–Kier alpha value is -1.14. The summed E-state index contributed by atoms with van der Waals surface area (Å²) in [5.41, 5.74) is 2.81. The van der Waals surface area contributed by atoms with E-state index in [0.29, 0.717) is 5.88 Å². The molecule has 2 aromatic heterocycles. The van der Waals surface area contributed by atoms with Gasteiger partial charge in [0, 0.05) is 11.6 Å². The Balaban J connectivity index is 2.32. The summed E-state index contributed by atoms with van der Waals surface area (Å²) in [7, 11) is 0. The minimum absolute atomic E-state index is 0.399. The highest BCUT2D eigenvalue weighted by Crippen LogP contribution is 2.22. The van der Waals surface area contributed by atoms with Crippen LogP contribution in [0.15, 0.2) is 42.7 Å². The zero-order chi connectivity index (χ0) is 12.5. The van der Waals surface area contributed by atoms with E-state index in [1.165, 1.54) is 0 Å². The molecule has 0 spiro atoms. The zero-order valence-corrected chi connectivity index (χ0v) is 12.3. The largest absolute Gasteiger partial charge is 0.251 e. The maximum Gasteiger partial charge on any atom is 0.0758 e. The van der Waals surface area contributed by atoms with E-state index in [2.05, 4.69) is 32.7 Å². The van der Waals surface area contributed by atoms with Crippen molar-refractivity contribution in [1.82, 2.24) is 14.8 Å². The number of para-hydroxylation sites is 1. The highest BCUT2D eigenvalue weighted by Gasteiger charge is 2.07. The number of fused-ring (bicyclic) bond motifs is 1. The van der Waals surface area contributed by atoms with Crippen LogP contribution in [0.25, 0.3) is 16.6 Å². The number of benzene rings is 1. The highest BCUT2D eigenvalue weighted by molar-refractivity contribution is 14.1. The van der Waals surface area contributed by atoms with Gasteiger partial charge in [0.05, 0.1) is 32.5 Å². The monoisotopic (exact) mass is 369 g/mol. The zero-order valence-electron chi connectivity index (χ0n) is 9.35. The molecule has 0 bridgehead atoms. The van der Waals surface area contributed by atoms with Crippen molar-refractivity contribution in [1.29, 1.82) is 0 Å². The minimum atomic E-state index is 0.399. The van der Waals surface area contributed by atoms with Gasteiger partial charge < -0.3 is 0 Å². The number of alkyl halides is 1. The molecule has 0 aliphatic heterocycles. The van der Waals surface area contributed by atoms with Gasteiger partial charge in [-0.15, -0.1) is 11.6 Å². The van der Waals surface area contributed by atoms with Gasteiger partial charge in [-0.05, 0) is 34.7 Å². The van der Waals surface area contributed by atoms with Gasteiger partial charge in [-0.3, -0.25) is 4.98 Å². The summed E-state index contributed by atoms with van der Waals surface area (Å²) in [5.74, 6) is 0.399. The summed E-state index contributed by atoms with van der Waals surface area (Å²) < 4.78 is 2.96. The van der Waals surface area contributed by atoms with Crippen LogP contribution in [-0.4, -0.2) is 14.8 Å². The summed E-state index contributed by atoms with van der Waals surface area (Å²) in [6.45, 7) is 0. The molecule has 0 amide bonds. The van der Waals surface area contributed by atoms with E-state index in [9.17, 15) is 0 Å². The van der Waals surface area contributed by atoms with Gasteiger partial charge in [-0.1, -0.05) is 18.2 Å². The van der Waals surface area contributed by atoms with Gasteiger partial charge in [0.15, 0.2) is 0 Å². The van der Waals surface area contributed by atoms with Crippen molar-refractivity contribution < 1.29 is 0 Å². The molecule has 0 atom stereocenters. The van der Waals surface area contributed by atoms with Crippen LogP contribution in [0.1, 0.15) is 5.69 Å². The van der Waals surface area contributed by atoms with E-state index in [1.54, 1.807) is 0 Å². The Bertz CT molecular complexity index is 708. The first-order valence-electron chi connectivity index (χ1n) is 5.43. The fourth-order valence-corrected chi connectivity index (χ4v) is 2.43. The second-order valence-corrected chi connectivity index (χ2v) is 5.40. The molecule has 3 nitrogen and oxygen atoms in total. The van der Waals surface area contributed by atoms with Crippen molar-refractivity contribution in [3.8, 4) is 5.69 Å². The summed E-state index contributed by atoms with van der Waals surface area (Å²) in [4.78, 5) is 4.51. The van der Waals surface area contributed by atoms with Crippen LogP contribution in [0.3, 0.4) is 0 Å². The summed E-state index contributed by atoms with van der Waals surface area (Å²) >= 11 is 8.14. The van der Waals surface area contributed by atoms with Gasteiger partial charge in [0.25, 0.3) is 0 Å². The van der Waals surface area contributed by atoms with E-state index in [-0.39, 0.29) is 0 Å². The Morgan fingerprint density at radius 2 is 2.11 bits per heavy atom. The maximum atomic E-state index is 5.90. The molecule has 0 aliphatic carbocycles.